The molecule has 1 N–H and O–H groups in total. The molecule has 0 saturated carbocycles. The molecule has 0 aromatic carbocycles. The summed E-state index contributed by atoms with van der Waals surface area (Å²) in [4.78, 5) is 4.56. The monoisotopic (exact) mass is 271 g/mol. The van der Waals surface area contributed by atoms with Crippen LogP contribution in [0.4, 0.5) is 0 Å². The van der Waals surface area contributed by atoms with Crippen molar-refractivity contribution in [3.05, 3.63) is 30.1 Å². The highest BCUT2D eigenvalue weighted by Crippen LogP contribution is 2.16. The van der Waals surface area contributed by atoms with Crippen LogP contribution in [0.25, 0.3) is 0 Å². The second-order valence-electron chi connectivity index (χ2n) is 3.71. The Bertz CT molecular complexity index is 253. The highest BCUT2D eigenvalue weighted by molar-refractivity contribution is 9.09. The van der Waals surface area contributed by atoms with Crippen molar-refractivity contribution in [1.29, 1.82) is 0 Å². The first-order valence-electron chi connectivity index (χ1n) is 5.46. The van der Waals surface area contributed by atoms with Crippen molar-refractivity contribution in [2.45, 2.75) is 36.9 Å². The van der Waals surface area contributed by atoms with E-state index >= 15 is 0 Å². The molecule has 0 bridgehead atoms. The van der Waals surface area contributed by atoms with Crippen molar-refractivity contribution in [2.24, 2.45) is 0 Å². The molecule has 0 aliphatic heterocycles. The molecule has 1 rings (SSSR count). The minimum atomic E-state index is 0.310. The first kappa shape index (κ1) is 12.7. The van der Waals surface area contributed by atoms with Gasteiger partial charge in [0, 0.05) is 23.8 Å². The van der Waals surface area contributed by atoms with Crippen LogP contribution in [0.1, 0.15) is 31.2 Å². The van der Waals surface area contributed by atoms with E-state index in [9.17, 15) is 0 Å². The number of aliphatic hydroxyl groups is 1. The van der Waals surface area contributed by atoms with E-state index in [0.29, 0.717) is 11.4 Å². The van der Waals surface area contributed by atoms with Crippen LogP contribution < -0.4 is 0 Å². The summed E-state index contributed by atoms with van der Waals surface area (Å²) in [5, 5.41) is 8.66. The van der Waals surface area contributed by atoms with Crippen LogP contribution in [0, 0.1) is 0 Å². The normalized spacial score (nSPS) is 12.7. The molecule has 0 aliphatic carbocycles. The van der Waals surface area contributed by atoms with Crippen molar-refractivity contribution in [2.75, 3.05) is 6.61 Å². The van der Waals surface area contributed by atoms with Gasteiger partial charge in [-0.1, -0.05) is 22.4 Å². The standard InChI is InChI=1S/C12H18BrNO/c13-12(3-1-2-10-15)5-4-11-6-8-14-9-7-11/h6-9,12,15H,1-5,10H2. The molecule has 0 aliphatic rings. The summed E-state index contributed by atoms with van der Waals surface area (Å²) in [5.74, 6) is 0. The Labute approximate surface area is 99.9 Å². The van der Waals surface area contributed by atoms with Crippen molar-refractivity contribution >= 4 is 15.9 Å². The molecule has 3 heteroatoms. The Morgan fingerprint density at radius 2 is 1.93 bits per heavy atom. The molecule has 0 spiro atoms. The summed E-state index contributed by atoms with van der Waals surface area (Å²) < 4.78 is 0. The highest BCUT2D eigenvalue weighted by Gasteiger charge is 2.03. The lowest BCUT2D eigenvalue weighted by Crippen LogP contribution is -2.01. The zero-order chi connectivity index (χ0) is 10.9. The molecule has 0 amide bonds. The molecule has 1 unspecified atom stereocenters. The Balaban J connectivity index is 2.14. The van der Waals surface area contributed by atoms with Crippen LogP contribution in [0.5, 0.6) is 0 Å². The summed E-state index contributed by atoms with van der Waals surface area (Å²) in [6.07, 6.45) is 9.08. The maximum Gasteiger partial charge on any atom is 0.0431 e. The lowest BCUT2D eigenvalue weighted by Gasteiger charge is -2.08. The van der Waals surface area contributed by atoms with Crippen LogP contribution in [0.3, 0.4) is 0 Å². The first-order chi connectivity index (χ1) is 7.33. The van der Waals surface area contributed by atoms with Crippen LogP contribution >= 0.6 is 15.9 Å². The molecule has 1 aromatic heterocycles. The van der Waals surface area contributed by atoms with Gasteiger partial charge in [-0.2, -0.15) is 0 Å². The number of halogens is 1. The Kier molecular flexibility index (Phi) is 6.60. The number of aliphatic hydroxyl groups excluding tert-OH is 1. The number of hydrogen-bond donors (Lipinski definition) is 1. The van der Waals surface area contributed by atoms with E-state index in [2.05, 4.69) is 33.0 Å². The largest absolute Gasteiger partial charge is 0.396 e. The lowest BCUT2D eigenvalue weighted by molar-refractivity contribution is 0.283. The number of unbranched alkanes of at least 4 members (excludes halogenated alkanes) is 1. The van der Waals surface area contributed by atoms with Gasteiger partial charge in [-0.25, -0.2) is 0 Å². The van der Waals surface area contributed by atoms with Gasteiger partial charge in [0.25, 0.3) is 0 Å². The molecule has 1 atom stereocenters. The summed E-state index contributed by atoms with van der Waals surface area (Å²) in [7, 11) is 0. The van der Waals surface area contributed by atoms with Crippen LogP contribution in [-0.2, 0) is 6.42 Å². The highest BCUT2D eigenvalue weighted by atomic mass is 79.9. The van der Waals surface area contributed by atoms with Crippen LogP contribution in [0.2, 0.25) is 0 Å². The Hall–Kier alpha value is -0.410. The predicted octanol–water partition coefficient (Wildman–Crippen LogP) is 2.94. The van der Waals surface area contributed by atoms with Crippen molar-refractivity contribution < 1.29 is 5.11 Å². The average Bonchev–Trinajstić information content (AvgIpc) is 2.28. The van der Waals surface area contributed by atoms with E-state index < -0.39 is 0 Å². The molecule has 0 radical (unpaired) electrons. The third-order valence-electron chi connectivity index (χ3n) is 2.42. The Morgan fingerprint density at radius 3 is 2.60 bits per heavy atom. The maximum absolute atomic E-state index is 8.66. The molecule has 84 valence electrons. The second-order valence-corrected chi connectivity index (χ2v) is 5.01. The summed E-state index contributed by atoms with van der Waals surface area (Å²) >= 11 is 3.67. The van der Waals surface area contributed by atoms with Crippen molar-refractivity contribution in [3.63, 3.8) is 0 Å². The fourth-order valence-electron chi connectivity index (χ4n) is 1.49. The fourth-order valence-corrected chi connectivity index (χ4v) is 2.05. The van der Waals surface area contributed by atoms with Crippen LogP contribution in [-0.4, -0.2) is 21.5 Å². The van der Waals surface area contributed by atoms with Crippen molar-refractivity contribution in [1.82, 2.24) is 4.98 Å². The van der Waals surface area contributed by atoms with E-state index in [0.717, 1.165) is 32.1 Å². The average molecular weight is 272 g/mol. The lowest BCUT2D eigenvalue weighted by atomic mass is 10.1. The molecule has 1 aromatic rings. The van der Waals surface area contributed by atoms with Gasteiger partial charge in [0.05, 0.1) is 0 Å². The summed E-state index contributed by atoms with van der Waals surface area (Å²) in [6, 6.07) is 4.13. The molecule has 1 heterocycles. The van der Waals surface area contributed by atoms with Gasteiger partial charge >= 0.3 is 0 Å². The SMILES string of the molecule is OCCCCC(Br)CCc1ccncc1. The van der Waals surface area contributed by atoms with Gasteiger partial charge in [-0.3, -0.25) is 4.98 Å². The van der Waals surface area contributed by atoms with Crippen LogP contribution in [0.15, 0.2) is 24.5 Å². The molecular formula is C12H18BrNO. The number of alkyl halides is 1. The smallest absolute Gasteiger partial charge is 0.0431 e. The molecule has 2 nitrogen and oxygen atoms in total. The summed E-state index contributed by atoms with van der Waals surface area (Å²) in [5.41, 5.74) is 1.34. The van der Waals surface area contributed by atoms with Gasteiger partial charge in [-0.15, -0.1) is 0 Å². The van der Waals surface area contributed by atoms with Gasteiger partial charge in [0.15, 0.2) is 0 Å². The zero-order valence-electron chi connectivity index (χ0n) is 8.90. The van der Waals surface area contributed by atoms with E-state index in [1.165, 1.54) is 5.56 Å². The number of hydrogen-bond acceptors (Lipinski definition) is 2. The van der Waals surface area contributed by atoms with Gasteiger partial charge in [0.2, 0.25) is 0 Å². The predicted molar refractivity (Wildman–Crippen MR) is 66.2 cm³/mol. The van der Waals surface area contributed by atoms with Crippen molar-refractivity contribution in [3.8, 4) is 0 Å². The number of rotatable bonds is 7. The molecule has 0 saturated heterocycles. The number of pyridine rings is 1. The zero-order valence-corrected chi connectivity index (χ0v) is 10.5. The molecular weight excluding hydrogens is 254 g/mol. The number of aromatic nitrogens is 1. The fraction of sp³-hybridized carbons (Fsp3) is 0.583. The quantitative estimate of drug-likeness (QED) is 0.611. The number of aryl methyl sites for hydroxylation is 1. The molecule has 15 heavy (non-hydrogen) atoms. The molecule has 0 fully saturated rings. The second kappa shape index (κ2) is 7.83. The van der Waals surface area contributed by atoms with E-state index in [1.54, 1.807) is 0 Å². The van der Waals surface area contributed by atoms with Gasteiger partial charge in [-0.05, 0) is 43.4 Å². The maximum atomic E-state index is 8.66. The van der Waals surface area contributed by atoms with Gasteiger partial charge in [0.1, 0.15) is 0 Å². The van der Waals surface area contributed by atoms with E-state index in [1.807, 2.05) is 12.4 Å². The third-order valence-corrected chi connectivity index (χ3v) is 3.34. The third kappa shape index (κ3) is 5.90. The minimum Gasteiger partial charge on any atom is -0.396 e. The summed E-state index contributed by atoms with van der Waals surface area (Å²) in [6.45, 7) is 0.310. The Morgan fingerprint density at radius 1 is 1.20 bits per heavy atom. The van der Waals surface area contributed by atoms with E-state index in [-0.39, 0.29) is 0 Å². The topological polar surface area (TPSA) is 33.1 Å². The minimum absolute atomic E-state index is 0.310. The number of nitrogens with zero attached hydrogens (tertiary/aromatic N) is 1. The van der Waals surface area contributed by atoms with Gasteiger partial charge < -0.3 is 5.11 Å². The van der Waals surface area contributed by atoms with E-state index in [4.69, 9.17) is 5.11 Å². The first-order valence-corrected chi connectivity index (χ1v) is 6.38.